The molecule has 0 atom stereocenters. The molecule has 0 saturated carbocycles. The van der Waals surface area contributed by atoms with E-state index in [1.54, 1.807) is 14.2 Å². The highest BCUT2D eigenvalue weighted by Crippen LogP contribution is 2.31. The zero-order chi connectivity index (χ0) is 18.0. The van der Waals surface area contributed by atoms with Crippen LogP contribution >= 0.6 is 0 Å². The molecule has 132 valence electrons. The molecule has 0 aliphatic heterocycles. The molecule has 0 amide bonds. The summed E-state index contributed by atoms with van der Waals surface area (Å²) in [6.07, 6.45) is 1.90. The summed E-state index contributed by atoms with van der Waals surface area (Å²) in [6, 6.07) is 12.2. The van der Waals surface area contributed by atoms with Gasteiger partial charge in [-0.3, -0.25) is 0 Å². The highest BCUT2D eigenvalue weighted by atomic mass is 16.5. The number of anilines is 1. The Balaban J connectivity index is 1.83. The average Bonchev–Trinajstić information content (AvgIpc) is 3.02. The molecule has 25 heavy (non-hydrogen) atoms. The second-order valence-electron chi connectivity index (χ2n) is 7.00. The first-order valence-corrected chi connectivity index (χ1v) is 8.35. The molecule has 1 N–H and O–H groups in total. The van der Waals surface area contributed by atoms with Crippen molar-refractivity contribution in [2.75, 3.05) is 19.5 Å². The fourth-order valence-electron chi connectivity index (χ4n) is 2.95. The summed E-state index contributed by atoms with van der Waals surface area (Å²) in [7, 11) is 3.31. The maximum absolute atomic E-state index is 5.49. The van der Waals surface area contributed by atoms with E-state index in [0.717, 1.165) is 33.8 Å². The van der Waals surface area contributed by atoms with Gasteiger partial charge in [-0.05, 0) is 45.0 Å². The lowest BCUT2D eigenvalue weighted by Crippen LogP contribution is -2.20. The molecule has 5 nitrogen and oxygen atoms in total. The number of nitrogens with zero attached hydrogens (tertiary/aromatic N) is 2. The Labute approximate surface area is 148 Å². The van der Waals surface area contributed by atoms with Crippen LogP contribution in [-0.2, 0) is 12.1 Å². The lowest BCUT2D eigenvalue weighted by molar-refractivity contribution is 0.352. The lowest BCUT2D eigenvalue weighted by Gasteiger charge is -2.21. The number of hydrogen-bond donors (Lipinski definition) is 1. The van der Waals surface area contributed by atoms with Crippen LogP contribution in [0.15, 0.2) is 42.7 Å². The molecule has 0 unspecified atom stereocenters. The molecule has 0 radical (unpaired) electrons. The molecule has 3 aromatic rings. The van der Waals surface area contributed by atoms with Gasteiger partial charge in [0.2, 0.25) is 0 Å². The van der Waals surface area contributed by atoms with Crippen molar-refractivity contribution in [3.8, 4) is 11.5 Å². The Bertz CT molecular complexity index is 878. The van der Waals surface area contributed by atoms with Crippen LogP contribution in [0.3, 0.4) is 0 Å². The fourth-order valence-corrected chi connectivity index (χ4v) is 2.95. The molecule has 0 bridgehead atoms. The zero-order valence-corrected chi connectivity index (χ0v) is 15.5. The molecule has 3 rings (SSSR count). The SMILES string of the molecule is COc1cccc(CNc2ccc3c(c2)ncn3C(C)(C)C)c1OC. The topological polar surface area (TPSA) is 48.3 Å². The van der Waals surface area contributed by atoms with Crippen molar-refractivity contribution in [2.45, 2.75) is 32.9 Å². The number of nitrogens with one attached hydrogen (secondary N) is 1. The van der Waals surface area contributed by atoms with Gasteiger partial charge < -0.3 is 19.4 Å². The molecular formula is C20H25N3O2. The molecule has 0 aliphatic rings. The van der Waals surface area contributed by atoms with E-state index in [-0.39, 0.29) is 5.54 Å². The van der Waals surface area contributed by atoms with E-state index in [2.05, 4.69) is 53.8 Å². The third-order valence-corrected chi connectivity index (χ3v) is 4.24. The van der Waals surface area contributed by atoms with Gasteiger partial charge in [0.15, 0.2) is 11.5 Å². The summed E-state index contributed by atoms with van der Waals surface area (Å²) in [4.78, 5) is 4.54. The standard InChI is InChI=1S/C20H25N3O2/c1-20(2,3)23-13-22-16-11-15(9-10-17(16)23)21-12-14-7-6-8-18(24-4)19(14)25-5/h6-11,13,21H,12H2,1-5H3. The predicted molar refractivity (Wildman–Crippen MR) is 102 cm³/mol. The number of ether oxygens (including phenoxy) is 2. The number of hydrogen-bond acceptors (Lipinski definition) is 4. The molecule has 0 fully saturated rings. The summed E-state index contributed by atoms with van der Waals surface area (Å²) in [6.45, 7) is 7.17. The Morgan fingerprint density at radius 1 is 1.08 bits per heavy atom. The van der Waals surface area contributed by atoms with Crippen molar-refractivity contribution in [3.63, 3.8) is 0 Å². The highest BCUT2D eigenvalue weighted by molar-refractivity contribution is 5.79. The second kappa shape index (κ2) is 6.67. The Morgan fingerprint density at radius 2 is 1.88 bits per heavy atom. The quantitative estimate of drug-likeness (QED) is 0.747. The number of aromatic nitrogens is 2. The van der Waals surface area contributed by atoms with Crippen LogP contribution < -0.4 is 14.8 Å². The normalized spacial score (nSPS) is 11.6. The van der Waals surface area contributed by atoms with Crippen molar-refractivity contribution in [3.05, 3.63) is 48.3 Å². The predicted octanol–water partition coefficient (Wildman–Crippen LogP) is 4.42. The van der Waals surface area contributed by atoms with E-state index in [0.29, 0.717) is 6.54 Å². The molecule has 0 saturated heterocycles. The van der Waals surface area contributed by atoms with E-state index >= 15 is 0 Å². The van der Waals surface area contributed by atoms with Crippen LogP contribution in [0.5, 0.6) is 11.5 Å². The smallest absolute Gasteiger partial charge is 0.165 e. The number of methoxy groups -OCH3 is 2. The van der Waals surface area contributed by atoms with Crippen molar-refractivity contribution in [1.82, 2.24) is 9.55 Å². The zero-order valence-electron chi connectivity index (χ0n) is 15.5. The maximum Gasteiger partial charge on any atom is 0.165 e. The molecule has 0 aliphatic carbocycles. The van der Waals surface area contributed by atoms with Crippen LogP contribution in [0.4, 0.5) is 5.69 Å². The number of fused-ring (bicyclic) bond motifs is 1. The summed E-state index contributed by atoms with van der Waals surface area (Å²) in [5.41, 5.74) is 4.20. The number of imidazole rings is 1. The van der Waals surface area contributed by atoms with Crippen LogP contribution in [0.1, 0.15) is 26.3 Å². The molecular weight excluding hydrogens is 314 g/mol. The molecule has 0 spiro atoms. The highest BCUT2D eigenvalue weighted by Gasteiger charge is 2.16. The first kappa shape index (κ1) is 17.1. The third kappa shape index (κ3) is 3.40. The summed E-state index contributed by atoms with van der Waals surface area (Å²) < 4.78 is 13.0. The van der Waals surface area contributed by atoms with Gasteiger partial charge in [0.1, 0.15) is 0 Å². The van der Waals surface area contributed by atoms with Crippen molar-refractivity contribution in [2.24, 2.45) is 0 Å². The van der Waals surface area contributed by atoms with Gasteiger partial charge in [0, 0.05) is 23.3 Å². The van der Waals surface area contributed by atoms with Gasteiger partial charge in [-0.15, -0.1) is 0 Å². The second-order valence-corrected chi connectivity index (χ2v) is 7.00. The Morgan fingerprint density at radius 3 is 2.56 bits per heavy atom. The summed E-state index contributed by atoms with van der Waals surface area (Å²) in [5, 5.41) is 3.44. The number of rotatable bonds is 5. The first-order chi connectivity index (χ1) is 11.9. The van der Waals surface area contributed by atoms with Gasteiger partial charge in [0.05, 0.1) is 31.6 Å². The minimum Gasteiger partial charge on any atom is -0.493 e. The Kier molecular flexibility index (Phi) is 4.57. The minimum absolute atomic E-state index is 0.0116. The minimum atomic E-state index is 0.0116. The summed E-state index contributed by atoms with van der Waals surface area (Å²) in [5.74, 6) is 1.50. The monoisotopic (exact) mass is 339 g/mol. The third-order valence-electron chi connectivity index (χ3n) is 4.24. The Hall–Kier alpha value is -2.69. The van der Waals surface area contributed by atoms with E-state index in [9.17, 15) is 0 Å². The van der Waals surface area contributed by atoms with Crippen LogP contribution in [0.25, 0.3) is 11.0 Å². The van der Waals surface area contributed by atoms with Gasteiger partial charge in [-0.1, -0.05) is 12.1 Å². The summed E-state index contributed by atoms with van der Waals surface area (Å²) >= 11 is 0. The van der Waals surface area contributed by atoms with Crippen molar-refractivity contribution < 1.29 is 9.47 Å². The molecule has 2 aromatic carbocycles. The van der Waals surface area contributed by atoms with Crippen molar-refractivity contribution >= 4 is 16.7 Å². The van der Waals surface area contributed by atoms with Crippen LogP contribution in [0, 0.1) is 0 Å². The molecule has 5 heteroatoms. The fraction of sp³-hybridized carbons (Fsp3) is 0.350. The van der Waals surface area contributed by atoms with E-state index in [1.807, 2.05) is 24.5 Å². The number of benzene rings is 2. The number of para-hydroxylation sites is 1. The first-order valence-electron chi connectivity index (χ1n) is 8.35. The van der Waals surface area contributed by atoms with Gasteiger partial charge in [0.25, 0.3) is 0 Å². The van der Waals surface area contributed by atoms with Gasteiger partial charge >= 0.3 is 0 Å². The average molecular weight is 339 g/mol. The van der Waals surface area contributed by atoms with E-state index in [1.165, 1.54) is 0 Å². The lowest BCUT2D eigenvalue weighted by atomic mass is 10.1. The molecule has 1 aromatic heterocycles. The van der Waals surface area contributed by atoms with E-state index in [4.69, 9.17) is 9.47 Å². The van der Waals surface area contributed by atoms with Gasteiger partial charge in [-0.2, -0.15) is 0 Å². The van der Waals surface area contributed by atoms with Crippen LogP contribution in [-0.4, -0.2) is 23.8 Å². The van der Waals surface area contributed by atoms with E-state index < -0.39 is 0 Å². The maximum atomic E-state index is 5.49. The largest absolute Gasteiger partial charge is 0.493 e. The van der Waals surface area contributed by atoms with Crippen LogP contribution in [0.2, 0.25) is 0 Å². The molecule has 1 heterocycles. The van der Waals surface area contributed by atoms with Gasteiger partial charge in [-0.25, -0.2) is 4.98 Å². The van der Waals surface area contributed by atoms with Crippen molar-refractivity contribution in [1.29, 1.82) is 0 Å².